The van der Waals surface area contributed by atoms with Gasteiger partial charge in [-0.25, -0.2) is 0 Å². The Balaban J connectivity index is 1.94. The molecule has 2 rings (SSSR count). The van der Waals surface area contributed by atoms with Gasteiger partial charge in [-0.3, -0.25) is 16.3 Å². The van der Waals surface area contributed by atoms with Crippen LogP contribution in [0.4, 0.5) is 0 Å². The molecule has 84 valence electrons. The quantitative estimate of drug-likeness (QED) is 0.615. The van der Waals surface area contributed by atoms with Crippen molar-refractivity contribution >= 4 is 11.3 Å². The highest BCUT2D eigenvalue weighted by Gasteiger charge is 2.10. The van der Waals surface area contributed by atoms with Crippen LogP contribution in [0.1, 0.15) is 22.9 Å². The summed E-state index contributed by atoms with van der Waals surface area (Å²) >= 11 is 1.74. The lowest BCUT2D eigenvalue weighted by molar-refractivity contribution is 0.524. The lowest BCUT2D eigenvalue weighted by Crippen LogP contribution is -2.27. The first-order valence-electron chi connectivity index (χ1n) is 5.28. The van der Waals surface area contributed by atoms with Gasteiger partial charge in [0.1, 0.15) is 0 Å². The van der Waals surface area contributed by atoms with Crippen LogP contribution in [0, 0.1) is 0 Å². The number of thiophene rings is 1. The molecule has 1 unspecified atom stereocenters. The molecule has 2 heterocycles. The van der Waals surface area contributed by atoms with Crippen molar-refractivity contribution in [2.24, 2.45) is 5.84 Å². The number of nitrogens with one attached hydrogen (secondary N) is 1. The number of nitrogens with zero attached hydrogens (tertiary/aromatic N) is 1. The summed E-state index contributed by atoms with van der Waals surface area (Å²) in [5.41, 5.74) is 4.17. The number of hydrogen-bond acceptors (Lipinski definition) is 4. The number of hydrogen-bond donors (Lipinski definition) is 2. The first kappa shape index (κ1) is 11.3. The van der Waals surface area contributed by atoms with Crippen LogP contribution in [0.3, 0.4) is 0 Å². The second kappa shape index (κ2) is 5.75. The van der Waals surface area contributed by atoms with Crippen LogP contribution in [-0.4, -0.2) is 4.98 Å². The van der Waals surface area contributed by atoms with E-state index in [1.165, 1.54) is 10.4 Å². The van der Waals surface area contributed by atoms with Gasteiger partial charge in [0.15, 0.2) is 0 Å². The zero-order valence-corrected chi connectivity index (χ0v) is 9.78. The highest BCUT2D eigenvalue weighted by Crippen LogP contribution is 2.22. The van der Waals surface area contributed by atoms with E-state index in [-0.39, 0.29) is 6.04 Å². The molecule has 0 radical (unpaired) electrons. The Morgan fingerprint density at radius 1 is 1.31 bits per heavy atom. The van der Waals surface area contributed by atoms with E-state index in [0.717, 1.165) is 12.8 Å². The van der Waals surface area contributed by atoms with Crippen molar-refractivity contribution in [2.75, 3.05) is 0 Å². The second-order valence-electron chi connectivity index (χ2n) is 3.63. The minimum Gasteiger partial charge on any atom is -0.271 e. The summed E-state index contributed by atoms with van der Waals surface area (Å²) in [5, 5.41) is 2.08. The summed E-state index contributed by atoms with van der Waals surface area (Å²) in [7, 11) is 0. The summed E-state index contributed by atoms with van der Waals surface area (Å²) in [5.74, 6) is 5.57. The van der Waals surface area contributed by atoms with Crippen molar-refractivity contribution in [1.29, 1.82) is 0 Å². The predicted molar refractivity (Wildman–Crippen MR) is 66.9 cm³/mol. The molecule has 0 fully saturated rings. The Morgan fingerprint density at radius 2 is 2.12 bits per heavy atom. The molecule has 1 atom stereocenters. The van der Waals surface area contributed by atoms with Gasteiger partial charge in [0, 0.05) is 17.3 Å². The monoisotopic (exact) mass is 233 g/mol. The first-order valence-corrected chi connectivity index (χ1v) is 6.16. The molecule has 0 saturated carbocycles. The third-order valence-corrected chi connectivity index (χ3v) is 3.54. The van der Waals surface area contributed by atoms with Gasteiger partial charge in [-0.1, -0.05) is 6.07 Å². The minimum atomic E-state index is 0.244. The van der Waals surface area contributed by atoms with Crippen molar-refractivity contribution in [2.45, 2.75) is 18.9 Å². The SMILES string of the molecule is NNC(CCc1ccncc1)c1cccs1. The Labute approximate surface area is 99.3 Å². The standard InChI is InChI=1S/C12H15N3S/c13-15-11(12-2-1-9-16-12)4-3-10-5-7-14-8-6-10/h1-2,5-9,11,15H,3-4,13H2. The van der Waals surface area contributed by atoms with Crippen molar-refractivity contribution in [3.05, 3.63) is 52.5 Å². The summed E-state index contributed by atoms with van der Waals surface area (Å²) in [6.07, 6.45) is 5.66. The molecule has 0 bridgehead atoms. The highest BCUT2D eigenvalue weighted by molar-refractivity contribution is 7.10. The Kier molecular flexibility index (Phi) is 4.04. The van der Waals surface area contributed by atoms with E-state index < -0.39 is 0 Å². The average molecular weight is 233 g/mol. The molecule has 3 N–H and O–H groups in total. The average Bonchev–Trinajstić information content (AvgIpc) is 2.85. The molecule has 0 aliphatic carbocycles. The number of aryl methyl sites for hydroxylation is 1. The number of hydrazine groups is 1. The smallest absolute Gasteiger partial charge is 0.0556 e. The molecule has 2 aromatic heterocycles. The zero-order chi connectivity index (χ0) is 11.2. The van der Waals surface area contributed by atoms with E-state index >= 15 is 0 Å². The first-order chi connectivity index (χ1) is 7.90. The predicted octanol–water partition coefficient (Wildman–Crippen LogP) is 2.28. The third-order valence-electron chi connectivity index (χ3n) is 2.56. The van der Waals surface area contributed by atoms with E-state index in [1.807, 2.05) is 24.5 Å². The fourth-order valence-corrected chi connectivity index (χ4v) is 2.48. The highest BCUT2D eigenvalue weighted by atomic mass is 32.1. The van der Waals surface area contributed by atoms with Gasteiger partial charge < -0.3 is 0 Å². The zero-order valence-electron chi connectivity index (χ0n) is 8.97. The molecule has 0 amide bonds. The van der Waals surface area contributed by atoms with Crippen LogP contribution >= 0.6 is 11.3 Å². The van der Waals surface area contributed by atoms with E-state index in [4.69, 9.17) is 5.84 Å². The maximum atomic E-state index is 5.57. The number of nitrogens with two attached hydrogens (primary N) is 1. The molecule has 0 spiro atoms. The van der Waals surface area contributed by atoms with Crippen LogP contribution in [0.5, 0.6) is 0 Å². The molecular formula is C12H15N3S. The minimum absolute atomic E-state index is 0.244. The van der Waals surface area contributed by atoms with Crippen LogP contribution in [0.2, 0.25) is 0 Å². The topological polar surface area (TPSA) is 50.9 Å². The molecule has 4 heteroatoms. The van der Waals surface area contributed by atoms with Crippen molar-refractivity contribution in [1.82, 2.24) is 10.4 Å². The largest absolute Gasteiger partial charge is 0.271 e. The maximum Gasteiger partial charge on any atom is 0.0556 e. The van der Waals surface area contributed by atoms with Gasteiger partial charge in [-0.2, -0.15) is 0 Å². The van der Waals surface area contributed by atoms with Gasteiger partial charge in [-0.15, -0.1) is 11.3 Å². The van der Waals surface area contributed by atoms with Crippen LogP contribution < -0.4 is 11.3 Å². The molecule has 16 heavy (non-hydrogen) atoms. The molecule has 0 saturated heterocycles. The second-order valence-corrected chi connectivity index (χ2v) is 4.61. The van der Waals surface area contributed by atoms with Crippen molar-refractivity contribution in [3.63, 3.8) is 0 Å². The Morgan fingerprint density at radius 3 is 2.75 bits per heavy atom. The maximum absolute atomic E-state index is 5.57. The fourth-order valence-electron chi connectivity index (χ4n) is 1.66. The van der Waals surface area contributed by atoms with Crippen LogP contribution in [0.15, 0.2) is 42.0 Å². The van der Waals surface area contributed by atoms with Gasteiger partial charge >= 0.3 is 0 Å². The number of aromatic nitrogens is 1. The molecule has 0 aliphatic rings. The van der Waals surface area contributed by atoms with E-state index in [0.29, 0.717) is 0 Å². The van der Waals surface area contributed by atoms with E-state index in [2.05, 4.69) is 27.9 Å². The lowest BCUT2D eigenvalue weighted by atomic mass is 10.1. The van der Waals surface area contributed by atoms with Gasteiger partial charge in [0.2, 0.25) is 0 Å². The molecule has 3 nitrogen and oxygen atoms in total. The Bertz CT molecular complexity index is 399. The number of pyridine rings is 1. The van der Waals surface area contributed by atoms with E-state index in [1.54, 1.807) is 11.3 Å². The van der Waals surface area contributed by atoms with Gasteiger partial charge in [0.05, 0.1) is 6.04 Å². The van der Waals surface area contributed by atoms with Crippen molar-refractivity contribution < 1.29 is 0 Å². The molecule has 2 aromatic rings. The molecular weight excluding hydrogens is 218 g/mol. The number of rotatable bonds is 5. The Hall–Kier alpha value is -1.23. The van der Waals surface area contributed by atoms with Crippen LogP contribution in [-0.2, 0) is 6.42 Å². The summed E-state index contributed by atoms with van der Waals surface area (Å²) in [6.45, 7) is 0. The third kappa shape index (κ3) is 2.88. The van der Waals surface area contributed by atoms with Gasteiger partial charge in [0.25, 0.3) is 0 Å². The van der Waals surface area contributed by atoms with Crippen LogP contribution in [0.25, 0.3) is 0 Å². The lowest BCUT2D eigenvalue weighted by Gasteiger charge is -2.13. The summed E-state index contributed by atoms with van der Waals surface area (Å²) in [4.78, 5) is 5.29. The van der Waals surface area contributed by atoms with E-state index in [9.17, 15) is 0 Å². The normalized spacial score (nSPS) is 12.6. The molecule has 0 aliphatic heterocycles. The summed E-state index contributed by atoms with van der Waals surface area (Å²) < 4.78 is 0. The van der Waals surface area contributed by atoms with Gasteiger partial charge in [-0.05, 0) is 42.0 Å². The summed E-state index contributed by atoms with van der Waals surface area (Å²) in [6, 6.07) is 8.50. The van der Waals surface area contributed by atoms with Crippen molar-refractivity contribution in [3.8, 4) is 0 Å². The fraction of sp³-hybridized carbons (Fsp3) is 0.250. The molecule has 0 aromatic carbocycles.